The maximum atomic E-state index is 6.08. The molecule has 0 aromatic heterocycles. The molecule has 1 atom stereocenters. The molecule has 0 aliphatic carbocycles. The SMILES string of the molecule is CCOCC(CCNC)Oc1ccc(Cl)cc1Cl.Cl. The van der Waals surface area contributed by atoms with E-state index in [-0.39, 0.29) is 18.5 Å². The van der Waals surface area contributed by atoms with Crippen molar-refractivity contribution in [2.45, 2.75) is 19.4 Å². The van der Waals surface area contributed by atoms with E-state index in [4.69, 9.17) is 32.7 Å². The molecule has 0 amide bonds. The molecule has 1 N–H and O–H groups in total. The van der Waals surface area contributed by atoms with E-state index in [1.165, 1.54) is 0 Å². The smallest absolute Gasteiger partial charge is 0.138 e. The fourth-order valence-corrected chi connectivity index (χ4v) is 1.93. The van der Waals surface area contributed by atoms with Crippen molar-refractivity contribution in [2.75, 3.05) is 26.8 Å². The average Bonchev–Trinajstić information content (AvgIpc) is 2.35. The Hall–Kier alpha value is -0.190. The molecule has 0 spiro atoms. The molecule has 3 nitrogen and oxygen atoms in total. The Labute approximate surface area is 131 Å². The molecule has 1 unspecified atom stereocenters. The predicted octanol–water partition coefficient (Wildman–Crippen LogP) is 3.81. The van der Waals surface area contributed by atoms with Crippen LogP contribution in [-0.4, -0.2) is 32.9 Å². The van der Waals surface area contributed by atoms with E-state index in [0.29, 0.717) is 29.0 Å². The number of rotatable bonds is 8. The summed E-state index contributed by atoms with van der Waals surface area (Å²) in [6.45, 7) is 4.05. The van der Waals surface area contributed by atoms with Crippen LogP contribution in [-0.2, 0) is 4.74 Å². The minimum absolute atomic E-state index is 0. The van der Waals surface area contributed by atoms with Gasteiger partial charge in [0.25, 0.3) is 0 Å². The zero-order chi connectivity index (χ0) is 13.4. The van der Waals surface area contributed by atoms with Crippen molar-refractivity contribution >= 4 is 35.6 Å². The lowest BCUT2D eigenvalue weighted by Crippen LogP contribution is -2.27. The summed E-state index contributed by atoms with van der Waals surface area (Å²) in [5.74, 6) is 0.641. The first-order valence-corrected chi connectivity index (χ1v) is 6.77. The number of nitrogens with one attached hydrogen (secondary N) is 1. The number of benzene rings is 1. The zero-order valence-corrected chi connectivity index (χ0v) is 13.4. The van der Waals surface area contributed by atoms with Crippen LogP contribution in [0.5, 0.6) is 5.75 Å². The van der Waals surface area contributed by atoms with Crippen molar-refractivity contribution in [3.63, 3.8) is 0 Å². The Kier molecular flexibility index (Phi) is 10.5. The minimum Gasteiger partial charge on any atom is -0.486 e. The highest BCUT2D eigenvalue weighted by Gasteiger charge is 2.12. The van der Waals surface area contributed by atoms with E-state index in [0.717, 1.165) is 13.0 Å². The van der Waals surface area contributed by atoms with Crippen LogP contribution >= 0.6 is 35.6 Å². The molecule has 110 valence electrons. The van der Waals surface area contributed by atoms with Crippen molar-refractivity contribution in [2.24, 2.45) is 0 Å². The highest BCUT2D eigenvalue weighted by molar-refractivity contribution is 6.35. The predicted molar refractivity (Wildman–Crippen MR) is 83.2 cm³/mol. The summed E-state index contributed by atoms with van der Waals surface area (Å²) in [6.07, 6.45) is 0.839. The van der Waals surface area contributed by atoms with Crippen LogP contribution in [0.4, 0.5) is 0 Å². The first-order chi connectivity index (χ1) is 8.67. The second kappa shape index (κ2) is 10.6. The molecule has 0 saturated heterocycles. The largest absolute Gasteiger partial charge is 0.486 e. The van der Waals surface area contributed by atoms with Crippen LogP contribution in [0.2, 0.25) is 10.0 Å². The Balaban J connectivity index is 0.00000324. The van der Waals surface area contributed by atoms with E-state index in [9.17, 15) is 0 Å². The van der Waals surface area contributed by atoms with E-state index in [1.54, 1.807) is 18.2 Å². The summed E-state index contributed by atoms with van der Waals surface area (Å²) in [7, 11) is 1.91. The summed E-state index contributed by atoms with van der Waals surface area (Å²) in [5.41, 5.74) is 0. The van der Waals surface area contributed by atoms with Crippen LogP contribution in [0, 0.1) is 0 Å². The molecule has 0 bridgehead atoms. The Morgan fingerprint density at radius 3 is 2.63 bits per heavy atom. The van der Waals surface area contributed by atoms with Crippen LogP contribution in [0.1, 0.15) is 13.3 Å². The third-order valence-corrected chi connectivity index (χ3v) is 2.94. The number of hydrogen-bond acceptors (Lipinski definition) is 3. The maximum absolute atomic E-state index is 6.08. The third kappa shape index (κ3) is 7.23. The summed E-state index contributed by atoms with van der Waals surface area (Å²) in [6, 6.07) is 5.22. The highest BCUT2D eigenvalue weighted by atomic mass is 35.5. The topological polar surface area (TPSA) is 30.5 Å². The molecule has 6 heteroatoms. The second-order valence-corrected chi connectivity index (χ2v) is 4.71. The summed E-state index contributed by atoms with van der Waals surface area (Å²) in [4.78, 5) is 0. The van der Waals surface area contributed by atoms with Crippen molar-refractivity contribution in [1.29, 1.82) is 0 Å². The fraction of sp³-hybridized carbons (Fsp3) is 0.538. The van der Waals surface area contributed by atoms with Gasteiger partial charge in [-0.25, -0.2) is 0 Å². The van der Waals surface area contributed by atoms with Crippen molar-refractivity contribution in [3.05, 3.63) is 28.2 Å². The standard InChI is InChI=1S/C13H19Cl2NO2.ClH/c1-3-17-9-11(6-7-16-2)18-13-5-4-10(14)8-12(13)15;/h4-5,8,11,16H,3,6-7,9H2,1-2H3;1H. The van der Waals surface area contributed by atoms with Crippen LogP contribution < -0.4 is 10.1 Å². The number of hydrogen-bond donors (Lipinski definition) is 1. The number of halogens is 3. The van der Waals surface area contributed by atoms with E-state index in [2.05, 4.69) is 5.32 Å². The maximum Gasteiger partial charge on any atom is 0.138 e. The van der Waals surface area contributed by atoms with E-state index >= 15 is 0 Å². The van der Waals surface area contributed by atoms with Gasteiger partial charge >= 0.3 is 0 Å². The summed E-state index contributed by atoms with van der Waals surface area (Å²) < 4.78 is 11.3. The molecule has 1 aromatic rings. The van der Waals surface area contributed by atoms with Crippen LogP contribution in [0.3, 0.4) is 0 Å². The lowest BCUT2D eigenvalue weighted by atomic mass is 10.2. The van der Waals surface area contributed by atoms with Gasteiger partial charge < -0.3 is 14.8 Å². The quantitative estimate of drug-likeness (QED) is 0.787. The first kappa shape index (κ1) is 18.8. The highest BCUT2D eigenvalue weighted by Crippen LogP contribution is 2.28. The number of ether oxygens (including phenoxy) is 2. The molecule has 19 heavy (non-hydrogen) atoms. The van der Waals surface area contributed by atoms with Crippen molar-refractivity contribution in [1.82, 2.24) is 5.32 Å². The molecular weight excluding hydrogens is 309 g/mol. The van der Waals surface area contributed by atoms with Crippen LogP contribution in [0.15, 0.2) is 18.2 Å². The lowest BCUT2D eigenvalue weighted by Gasteiger charge is -2.19. The summed E-state index contributed by atoms with van der Waals surface area (Å²) >= 11 is 11.9. The van der Waals surface area contributed by atoms with Gasteiger partial charge in [0.05, 0.1) is 11.6 Å². The van der Waals surface area contributed by atoms with Gasteiger partial charge in [0.1, 0.15) is 11.9 Å². The van der Waals surface area contributed by atoms with Gasteiger partial charge in [0.15, 0.2) is 0 Å². The molecule has 0 saturated carbocycles. The molecule has 1 rings (SSSR count). The first-order valence-electron chi connectivity index (χ1n) is 6.01. The normalized spacial score (nSPS) is 11.8. The molecular formula is C13H20Cl3NO2. The monoisotopic (exact) mass is 327 g/mol. The van der Waals surface area contributed by atoms with Gasteiger partial charge in [0.2, 0.25) is 0 Å². The summed E-state index contributed by atoms with van der Waals surface area (Å²) in [5, 5.41) is 4.22. The van der Waals surface area contributed by atoms with Gasteiger partial charge in [-0.3, -0.25) is 0 Å². The third-order valence-electron chi connectivity index (χ3n) is 2.41. The van der Waals surface area contributed by atoms with Gasteiger partial charge in [-0.1, -0.05) is 23.2 Å². The van der Waals surface area contributed by atoms with Gasteiger partial charge in [0, 0.05) is 11.6 Å². The van der Waals surface area contributed by atoms with E-state index < -0.39 is 0 Å². The molecule has 0 aliphatic rings. The van der Waals surface area contributed by atoms with Crippen LogP contribution in [0.25, 0.3) is 0 Å². The Morgan fingerprint density at radius 1 is 1.32 bits per heavy atom. The minimum atomic E-state index is -0.0175. The molecule has 1 aromatic carbocycles. The van der Waals surface area contributed by atoms with Gasteiger partial charge in [-0.15, -0.1) is 12.4 Å². The Morgan fingerprint density at radius 2 is 2.05 bits per heavy atom. The average molecular weight is 329 g/mol. The van der Waals surface area contributed by atoms with Gasteiger partial charge in [-0.2, -0.15) is 0 Å². The zero-order valence-electron chi connectivity index (χ0n) is 11.1. The van der Waals surface area contributed by atoms with Crippen molar-refractivity contribution in [3.8, 4) is 5.75 Å². The van der Waals surface area contributed by atoms with E-state index in [1.807, 2.05) is 14.0 Å². The fourth-order valence-electron chi connectivity index (χ4n) is 1.48. The van der Waals surface area contributed by atoms with Gasteiger partial charge in [-0.05, 0) is 45.1 Å². The molecule has 0 fully saturated rings. The molecule has 0 aliphatic heterocycles. The molecule has 0 radical (unpaired) electrons. The Bertz CT molecular complexity index is 356. The molecule has 0 heterocycles. The second-order valence-electron chi connectivity index (χ2n) is 3.87. The van der Waals surface area contributed by atoms with Crippen molar-refractivity contribution < 1.29 is 9.47 Å². The lowest BCUT2D eigenvalue weighted by molar-refractivity contribution is 0.0526.